The van der Waals surface area contributed by atoms with E-state index in [1.165, 1.54) is 0 Å². The molecular weight excluding hydrogens is 279 g/mol. The molecule has 0 N–H and O–H groups in total. The number of nitrogens with zero attached hydrogens (tertiary/aromatic N) is 3. The molecule has 0 amide bonds. The van der Waals surface area contributed by atoms with Crippen LogP contribution in [0.4, 0.5) is 13.2 Å². The molecule has 0 bridgehead atoms. The van der Waals surface area contributed by atoms with E-state index in [4.69, 9.17) is 5.26 Å². The third-order valence-corrected chi connectivity index (χ3v) is 3.77. The number of hydrogen-bond acceptors (Lipinski definition) is 3. The summed E-state index contributed by atoms with van der Waals surface area (Å²) in [7, 11) is 0. The van der Waals surface area contributed by atoms with Crippen molar-refractivity contribution in [3.8, 4) is 6.07 Å². The first kappa shape index (κ1) is 15.8. The zero-order valence-electron chi connectivity index (χ0n) is 12.0. The molecule has 1 fully saturated rings. The van der Waals surface area contributed by atoms with Crippen molar-refractivity contribution < 1.29 is 13.2 Å². The minimum absolute atomic E-state index is 0.0621. The highest BCUT2D eigenvalue weighted by molar-refractivity contribution is 5.38. The van der Waals surface area contributed by atoms with E-state index in [9.17, 15) is 13.2 Å². The maximum atomic E-state index is 12.8. The SMILES string of the molecule is CCN1CCN(Cc2cc(C#N)cc(C(F)(F)F)c2)CC1. The zero-order valence-corrected chi connectivity index (χ0v) is 12.0. The molecule has 21 heavy (non-hydrogen) atoms. The van der Waals surface area contributed by atoms with Gasteiger partial charge in [-0.3, -0.25) is 4.90 Å². The van der Waals surface area contributed by atoms with Crippen LogP contribution < -0.4 is 0 Å². The van der Waals surface area contributed by atoms with Crippen molar-refractivity contribution in [2.75, 3.05) is 32.7 Å². The van der Waals surface area contributed by atoms with Crippen LogP contribution in [0.3, 0.4) is 0 Å². The van der Waals surface area contributed by atoms with Gasteiger partial charge in [0.1, 0.15) is 0 Å². The van der Waals surface area contributed by atoms with Crippen LogP contribution in [0.15, 0.2) is 18.2 Å². The summed E-state index contributed by atoms with van der Waals surface area (Å²) >= 11 is 0. The molecule has 0 atom stereocenters. The van der Waals surface area contributed by atoms with Crippen molar-refractivity contribution >= 4 is 0 Å². The molecule has 1 heterocycles. The molecule has 1 saturated heterocycles. The largest absolute Gasteiger partial charge is 0.416 e. The summed E-state index contributed by atoms with van der Waals surface area (Å²) in [6.07, 6.45) is -4.41. The lowest BCUT2D eigenvalue weighted by Gasteiger charge is -2.34. The van der Waals surface area contributed by atoms with Crippen LogP contribution in [0.2, 0.25) is 0 Å². The molecule has 0 spiro atoms. The Morgan fingerprint density at radius 1 is 1.10 bits per heavy atom. The quantitative estimate of drug-likeness (QED) is 0.859. The van der Waals surface area contributed by atoms with Crippen LogP contribution in [0.1, 0.15) is 23.6 Å². The van der Waals surface area contributed by atoms with Gasteiger partial charge in [0.2, 0.25) is 0 Å². The molecule has 1 aliphatic heterocycles. The number of likely N-dealkylation sites (N-methyl/N-ethyl adjacent to an activating group) is 1. The highest BCUT2D eigenvalue weighted by Gasteiger charge is 2.31. The van der Waals surface area contributed by atoms with Gasteiger partial charge in [-0.05, 0) is 30.3 Å². The van der Waals surface area contributed by atoms with E-state index in [0.29, 0.717) is 12.1 Å². The van der Waals surface area contributed by atoms with Gasteiger partial charge in [-0.15, -0.1) is 0 Å². The van der Waals surface area contributed by atoms with Crippen molar-refractivity contribution in [1.29, 1.82) is 5.26 Å². The Morgan fingerprint density at radius 2 is 1.71 bits per heavy atom. The molecular formula is C15H18F3N3. The standard InChI is InChI=1S/C15H18F3N3/c1-2-20-3-5-21(6-4-20)11-13-7-12(10-19)8-14(9-13)15(16,17)18/h7-9H,2-6,11H2,1H3. The van der Waals surface area contributed by atoms with Gasteiger partial charge in [-0.2, -0.15) is 18.4 Å². The molecule has 0 aromatic heterocycles. The van der Waals surface area contributed by atoms with Crippen LogP contribution in [0.5, 0.6) is 0 Å². The highest BCUT2D eigenvalue weighted by Crippen LogP contribution is 2.31. The minimum Gasteiger partial charge on any atom is -0.301 e. The van der Waals surface area contributed by atoms with Crippen molar-refractivity contribution in [2.24, 2.45) is 0 Å². The first-order chi connectivity index (χ1) is 9.92. The van der Waals surface area contributed by atoms with E-state index in [0.717, 1.165) is 44.9 Å². The maximum Gasteiger partial charge on any atom is 0.416 e. The van der Waals surface area contributed by atoms with Crippen molar-refractivity contribution in [2.45, 2.75) is 19.6 Å². The van der Waals surface area contributed by atoms with Gasteiger partial charge in [0, 0.05) is 32.7 Å². The van der Waals surface area contributed by atoms with Gasteiger partial charge in [-0.1, -0.05) is 6.92 Å². The van der Waals surface area contributed by atoms with Gasteiger partial charge in [-0.25, -0.2) is 0 Å². The van der Waals surface area contributed by atoms with Gasteiger partial charge in [0.15, 0.2) is 0 Å². The molecule has 1 aromatic rings. The molecule has 114 valence electrons. The molecule has 3 nitrogen and oxygen atoms in total. The number of halogens is 3. The Balaban J connectivity index is 2.12. The number of alkyl halides is 3. The highest BCUT2D eigenvalue weighted by atomic mass is 19.4. The molecule has 0 unspecified atom stereocenters. The average Bonchev–Trinajstić information content (AvgIpc) is 2.46. The monoisotopic (exact) mass is 297 g/mol. The third-order valence-electron chi connectivity index (χ3n) is 3.77. The first-order valence-corrected chi connectivity index (χ1v) is 6.98. The Bertz CT molecular complexity index is 526. The number of hydrogen-bond donors (Lipinski definition) is 0. The summed E-state index contributed by atoms with van der Waals surface area (Å²) in [5.41, 5.74) is -0.137. The first-order valence-electron chi connectivity index (χ1n) is 6.98. The summed E-state index contributed by atoms with van der Waals surface area (Å²) in [5, 5.41) is 8.89. The lowest BCUT2D eigenvalue weighted by Crippen LogP contribution is -2.45. The summed E-state index contributed by atoms with van der Waals surface area (Å²) in [6.45, 7) is 7.09. The van der Waals surface area contributed by atoms with Gasteiger partial charge < -0.3 is 4.90 Å². The van der Waals surface area contributed by atoms with E-state index < -0.39 is 11.7 Å². The van der Waals surface area contributed by atoms with Gasteiger partial charge in [0.25, 0.3) is 0 Å². The number of rotatable bonds is 3. The van der Waals surface area contributed by atoms with E-state index in [2.05, 4.69) is 16.7 Å². The van der Waals surface area contributed by atoms with Crippen molar-refractivity contribution in [1.82, 2.24) is 9.80 Å². The summed E-state index contributed by atoms with van der Waals surface area (Å²) in [5.74, 6) is 0. The summed E-state index contributed by atoms with van der Waals surface area (Å²) in [6, 6.07) is 5.40. The Morgan fingerprint density at radius 3 is 2.24 bits per heavy atom. The van der Waals surface area contributed by atoms with E-state index in [-0.39, 0.29) is 5.56 Å². The van der Waals surface area contributed by atoms with Crippen LogP contribution in [-0.2, 0) is 12.7 Å². The van der Waals surface area contributed by atoms with Crippen LogP contribution in [0, 0.1) is 11.3 Å². The summed E-state index contributed by atoms with van der Waals surface area (Å²) in [4.78, 5) is 4.44. The van der Waals surface area contributed by atoms with Crippen LogP contribution >= 0.6 is 0 Å². The number of nitriles is 1. The average molecular weight is 297 g/mol. The van der Waals surface area contributed by atoms with Crippen LogP contribution in [0.25, 0.3) is 0 Å². The summed E-state index contributed by atoms with van der Waals surface area (Å²) < 4.78 is 38.5. The van der Waals surface area contributed by atoms with Crippen molar-refractivity contribution in [3.63, 3.8) is 0 Å². The molecule has 1 aliphatic rings. The smallest absolute Gasteiger partial charge is 0.301 e. The van der Waals surface area contributed by atoms with Crippen molar-refractivity contribution in [3.05, 3.63) is 34.9 Å². The second-order valence-corrected chi connectivity index (χ2v) is 5.24. The predicted octanol–water partition coefficient (Wildman–Crippen LogP) is 2.71. The molecule has 2 rings (SSSR count). The fraction of sp³-hybridized carbons (Fsp3) is 0.533. The Hall–Kier alpha value is -1.58. The number of piperazine rings is 1. The molecule has 0 saturated carbocycles. The minimum atomic E-state index is -4.41. The molecule has 0 aliphatic carbocycles. The zero-order chi connectivity index (χ0) is 15.5. The lowest BCUT2D eigenvalue weighted by atomic mass is 10.1. The fourth-order valence-corrected chi connectivity index (χ4v) is 2.53. The molecule has 0 radical (unpaired) electrons. The van der Waals surface area contributed by atoms with Crippen LogP contribution in [-0.4, -0.2) is 42.5 Å². The van der Waals surface area contributed by atoms with E-state index >= 15 is 0 Å². The predicted molar refractivity (Wildman–Crippen MR) is 73.6 cm³/mol. The Kier molecular flexibility index (Phi) is 4.86. The lowest BCUT2D eigenvalue weighted by molar-refractivity contribution is -0.137. The van der Waals surface area contributed by atoms with Gasteiger partial charge in [0.05, 0.1) is 17.2 Å². The van der Waals surface area contributed by atoms with Gasteiger partial charge >= 0.3 is 6.18 Å². The molecule has 6 heteroatoms. The molecule has 1 aromatic carbocycles. The topological polar surface area (TPSA) is 30.3 Å². The van der Waals surface area contributed by atoms with E-state index in [1.807, 2.05) is 0 Å². The number of benzene rings is 1. The third kappa shape index (κ3) is 4.19. The second-order valence-electron chi connectivity index (χ2n) is 5.24. The van der Waals surface area contributed by atoms with E-state index in [1.54, 1.807) is 12.1 Å². The normalized spacial score (nSPS) is 17.7. The Labute approximate surface area is 122 Å². The second kappa shape index (κ2) is 6.46. The maximum absolute atomic E-state index is 12.8. The fourth-order valence-electron chi connectivity index (χ4n) is 2.53.